The number of aromatic nitrogens is 1. The largest absolute Gasteiger partial charge is 0.343 e. The minimum absolute atomic E-state index is 0.0928. The van der Waals surface area contributed by atoms with Gasteiger partial charge in [0.25, 0.3) is 11.8 Å². The topological polar surface area (TPSA) is 100 Å². The van der Waals surface area contributed by atoms with Gasteiger partial charge in [-0.2, -0.15) is 0 Å². The van der Waals surface area contributed by atoms with Crippen LogP contribution in [0.5, 0.6) is 0 Å². The molecule has 0 saturated heterocycles. The van der Waals surface area contributed by atoms with Gasteiger partial charge in [0.2, 0.25) is 5.91 Å². The summed E-state index contributed by atoms with van der Waals surface area (Å²) in [4.78, 5) is 40.1. The van der Waals surface area contributed by atoms with Gasteiger partial charge in [-0.1, -0.05) is 6.92 Å². The van der Waals surface area contributed by atoms with E-state index < -0.39 is 5.91 Å². The number of rotatable bonds is 3. The van der Waals surface area contributed by atoms with Crippen molar-refractivity contribution in [1.82, 2.24) is 10.3 Å². The summed E-state index contributed by atoms with van der Waals surface area (Å²) < 4.78 is 0. The molecule has 122 valence electrons. The second-order valence-electron chi connectivity index (χ2n) is 5.34. The third-order valence-corrected chi connectivity index (χ3v) is 3.65. The Bertz CT molecular complexity index is 815. The molecule has 2 aromatic rings. The number of benzene rings is 1. The zero-order chi connectivity index (χ0) is 17.1. The zero-order valence-electron chi connectivity index (χ0n) is 13.1. The summed E-state index contributed by atoms with van der Waals surface area (Å²) >= 11 is 0. The molecule has 3 N–H and O–H groups in total. The van der Waals surface area contributed by atoms with Gasteiger partial charge in [0.05, 0.1) is 29.7 Å². The summed E-state index contributed by atoms with van der Waals surface area (Å²) in [6, 6.07) is 8.18. The Morgan fingerprint density at radius 3 is 2.79 bits per heavy atom. The Balaban J connectivity index is 1.82. The molecule has 7 heteroatoms. The van der Waals surface area contributed by atoms with Crippen molar-refractivity contribution in [3.05, 3.63) is 53.3 Å². The Hall–Kier alpha value is -3.22. The van der Waals surface area contributed by atoms with Gasteiger partial charge in [0, 0.05) is 11.3 Å². The molecule has 0 atom stereocenters. The first-order valence-corrected chi connectivity index (χ1v) is 7.55. The number of fused-ring (bicyclic) bond motifs is 1. The molecule has 0 radical (unpaired) electrons. The smallest absolute Gasteiger partial charge is 0.255 e. The highest BCUT2D eigenvalue weighted by Crippen LogP contribution is 2.20. The molecule has 0 bridgehead atoms. The lowest BCUT2D eigenvalue weighted by Gasteiger charge is -2.09. The molecule has 0 unspecified atom stereocenters. The molecule has 1 aliphatic rings. The molecule has 24 heavy (non-hydrogen) atoms. The normalized spacial score (nSPS) is 13.4. The number of pyridine rings is 1. The van der Waals surface area contributed by atoms with Crippen LogP contribution in [-0.2, 0) is 11.2 Å². The molecule has 3 rings (SSSR count). The first-order chi connectivity index (χ1) is 11.6. The maximum absolute atomic E-state index is 12.4. The summed E-state index contributed by atoms with van der Waals surface area (Å²) in [7, 11) is 0. The molecule has 0 saturated carbocycles. The predicted octanol–water partition coefficient (Wildman–Crippen LogP) is 1.58. The highest BCUT2D eigenvalue weighted by Gasteiger charge is 2.20. The average Bonchev–Trinajstić information content (AvgIpc) is 2.74. The monoisotopic (exact) mass is 324 g/mol. The second-order valence-corrected chi connectivity index (χ2v) is 5.34. The zero-order valence-corrected chi connectivity index (χ0v) is 13.1. The van der Waals surface area contributed by atoms with Crippen LogP contribution in [0, 0.1) is 0 Å². The highest BCUT2D eigenvalue weighted by molar-refractivity contribution is 6.11. The van der Waals surface area contributed by atoms with Crippen molar-refractivity contribution in [2.75, 3.05) is 17.2 Å². The van der Waals surface area contributed by atoms with E-state index in [0.29, 0.717) is 16.9 Å². The van der Waals surface area contributed by atoms with Crippen LogP contribution in [-0.4, -0.2) is 29.3 Å². The van der Waals surface area contributed by atoms with Crippen LogP contribution < -0.4 is 16.0 Å². The fourth-order valence-corrected chi connectivity index (χ4v) is 2.34. The van der Waals surface area contributed by atoms with Crippen molar-refractivity contribution >= 4 is 29.1 Å². The van der Waals surface area contributed by atoms with Crippen molar-refractivity contribution < 1.29 is 14.4 Å². The van der Waals surface area contributed by atoms with Gasteiger partial charge in [0.1, 0.15) is 0 Å². The van der Waals surface area contributed by atoms with Gasteiger partial charge in [-0.25, -0.2) is 0 Å². The summed E-state index contributed by atoms with van der Waals surface area (Å²) in [5, 5.41) is 7.84. The van der Waals surface area contributed by atoms with E-state index in [1.165, 1.54) is 6.07 Å². The molecule has 2 heterocycles. The number of hydrogen-bond acceptors (Lipinski definition) is 4. The van der Waals surface area contributed by atoms with Crippen LogP contribution in [0.15, 0.2) is 36.5 Å². The summed E-state index contributed by atoms with van der Waals surface area (Å²) in [5.41, 5.74) is 2.48. The van der Waals surface area contributed by atoms with Gasteiger partial charge in [-0.15, -0.1) is 0 Å². The van der Waals surface area contributed by atoms with Crippen LogP contribution >= 0.6 is 0 Å². The molecule has 0 aliphatic carbocycles. The van der Waals surface area contributed by atoms with Crippen LogP contribution in [0.4, 0.5) is 11.4 Å². The van der Waals surface area contributed by atoms with E-state index in [4.69, 9.17) is 0 Å². The first-order valence-electron chi connectivity index (χ1n) is 7.55. The molecule has 3 amide bonds. The quantitative estimate of drug-likeness (QED) is 0.798. The van der Waals surface area contributed by atoms with E-state index in [1.807, 2.05) is 13.0 Å². The fourth-order valence-electron chi connectivity index (χ4n) is 2.34. The van der Waals surface area contributed by atoms with Crippen molar-refractivity contribution in [3.8, 4) is 0 Å². The number of nitrogens with zero attached hydrogens (tertiary/aromatic N) is 1. The number of anilines is 2. The molecule has 1 aliphatic heterocycles. The predicted molar refractivity (Wildman–Crippen MR) is 89.0 cm³/mol. The lowest BCUT2D eigenvalue weighted by atomic mass is 10.1. The third kappa shape index (κ3) is 3.24. The number of aryl methyl sites for hydroxylation is 1. The molecule has 7 nitrogen and oxygen atoms in total. The molecular formula is C17H16N4O3. The summed E-state index contributed by atoms with van der Waals surface area (Å²) in [6.45, 7) is 1.91. The van der Waals surface area contributed by atoms with Gasteiger partial charge in [-0.3, -0.25) is 19.4 Å². The van der Waals surface area contributed by atoms with Crippen molar-refractivity contribution in [2.45, 2.75) is 13.3 Å². The maximum Gasteiger partial charge on any atom is 0.255 e. The van der Waals surface area contributed by atoms with Gasteiger partial charge >= 0.3 is 0 Å². The van der Waals surface area contributed by atoms with Gasteiger partial charge < -0.3 is 16.0 Å². The van der Waals surface area contributed by atoms with Gasteiger partial charge in [-0.05, 0) is 36.8 Å². The van der Waals surface area contributed by atoms with E-state index in [0.717, 1.165) is 12.1 Å². The van der Waals surface area contributed by atoms with Crippen molar-refractivity contribution in [2.24, 2.45) is 0 Å². The summed E-state index contributed by atoms with van der Waals surface area (Å²) in [6.07, 6.45) is 2.41. The number of carbonyl (C=O) groups is 3. The molecule has 0 spiro atoms. The Kier molecular flexibility index (Phi) is 4.24. The molecule has 1 aromatic carbocycles. The molecular weight excluding hydrogens is 308 g/mol. The highest BCUT2D eigenvalue weighted by atomic mass is 16.2. The minimum Gasteiger partial charge on any atom is -0.343 e. The van der Waals surface area contributed by atoms with Crippen LogP contribution in [0.1, 0.15) is 33.3 Å². The number of carbonyl (C=O) groups excluding carboxylic acids is 3. The number of nitrogens with one attached hydrogen (secondary N) is 3. The van der Waals surface area contributed by atoms with Crippen molar-refractivity contribution in [1.29, 1.82) is 0 Å². The van der Waals surface area contributed by atoms with Crippen molar-refractivity contribution in [3.63, 3.8) is 0 Å². The third-order valence-electron chi connectivity index (χ3n) is 3.65. The van der Waals surface area contributed by atoms with Crippen LogP contribution in [0.25, 0.3) is 0 Å². The van der Waals surface area contributed by atoms with E-state index in [2.05, 4.69) is 20.9 Å². The number of hydrogen-bond donors (Lipinski definition) is 3. The SMILES string of the molecule is CCc1ccc(NC(=O)c2ccc3c(c2)C(=O)NCC(=O)N3)cn1. The minimum atomic E-state index is -0.396. The van der Waals surface area contributed by atoms with Crippen LogP contribution in [0.2, 0.25) is 0 Å². The Morgan fingerprint density at radius 2 is 2.08 bits per heavy atom. The second kappa shape index (κ2) is 6.49. The van der Waals surface area contributed by atoms with E-state index in [1.54, 1.807) is 24.4 Å². The fraction of sp³-hybridized carbons (Fsp3) is 0.176. The van der Waals surface area contributed by atoms with E-state index in [-0.39, 0.29) is 23.9 Å². The maximum atomic E-state index is 12.4. The lowest BCUT2D eigenvalue weighted by molar-refractivity contribution is -0.115. The number of amides is 3. The Morgan fingerprint density at radius 1 is 1.25 bits per heavy atom. The average molecular weight is 324 g/mol. The molecule has 1 aromatic heterocycles. The standard InChI is InChI=1S/C17H16N4O3/c1-2-11-4-5-12(8-18-11)20-16(23)10-3-6-14-13(7-10)17(24)19-9-15(22)21-14/h3-8H,2,9H2,1H3,(H,19,24)(H,20,23)(H,21,22). The van der Waals surface area contributed by atoms with Crippen LogP contribution in [0.3, 0.4) is 0 Å². The van der Waals surface area contributed by atoms with E-state index >= 15 is 0 Å². The molecule has 0 fully saturated rings. The Labute approximate surface area is 138 Å². The lowest BCUT2D eigenvalue weighted by Crippen LogP contribution is -2.28. The van der Waals surface area contributed by atoms with Gasteiger partial charge in [0.15, 0.2) is 0 Å². The first kappa shape index (κ1) is 15.7. The summed E-state index contributed by atoms with van der Waals surface area (Å²) in [5.74, 6) is -1.06. The van der Waals surface area contributed by atoms with E-state index in [9.17, 15) is 14.4 Å².